The summed E-state index contributed by atoms with van der Waals surface area (Å²) < 4.78 is 20.4. The highest BCUT2D eigenvalue weighted by atomic mass is 19.1. The first-order valence-electron chi connectivity index (χ1n) is 12.8. The van der Waals surface area contributed by atoms with Crippen LogP contribution in [0.25, 0.3) is 10.4 Å². The van der Waals surface area contributed by atoms with Crippen molar-refractivity contribution in [2.75, 3.05) is 13.7 Å². The van der Waals surface area contributed by atoms with Crippen LogP contribution in [0.15, 0.2) is 17.2 Å². The zero-order valence-corrected chi connectivity index (χ0v) is 21.9. The van der Waals surface area contributed by atoms with Crippen molar-refractivity contribution < 1.29 is 23.9 Å². The normalized spacial score (nSPS) is 33.8. The Morgan fingerprint density at radius 1 is 1.44 bits per heavy atom. The van der Waals surface area contributed by atoms with Crippen LogP contribution in [-0.4, -0.2) is 54.0 Å². The lowest BCUT2D eigenvalue weighted by Crippen LogP contribution is -2.62. The van der Waals surface area contributed by atoms with Crippen LogP contribution >= 0.6 is 0 Å². The molecule has 4 aliphatic rings. The van der Waals surface area contributed by atoms with Crippen LogP contribution in [0.4, 0.5) is 4.39 Å². The molecule has 3 saturated carbocycles. The molecule has 9 nitrogen and oxygen atoms in total. The second kappa shape index (κ2) is 10.2. The molecular weight excluding hydrogens is 465 g/mol. The van der Waals surface area contributed by atoms with Crippen molar-refractivity contribution in [1.29, 1.82) is 0 Å². The van der Waals surface area contributed by atoms with Gasteiger partial charge >= 0.3 is 0 Å². The standard InChI is InChI=1S/C26H38FN5O4/c1-13-7-8-19(27)17(24(13)35-6)12-32-23(22(15(3)33)21(36-32)11-29-31-28)25(34)30-20-10-16-9-18(14(20)2)26(16,4)5/h7-8,14-16,18,20-23,33H,9-12H2,1-6H3,(H,30,34)/t14-,15-,16+,18-,20-,21-,22+,23-/m0/s1. The molecule has 1 amide bonds. The summed E-state index contributed by atoms with van der Waals surface area (Å²) in [6, 6.07) is 2.12. The van der Waals surface area contributed by atoms with E-state index in [2.05, 4.69) is 36.1 Å². The first kappa shape index (κ1) is 26.7. The molecule has 1 aliphatic heterocycles. The van der Waals surface area contributed by atoms with Gasteiger partial charge in [0.2, 0.25) is 5.91 Å². The van der Waals surface area contributed by atoms with Crippen molar-refractivity contribution in [1.82, 2.24) is 10.4 Å². The molecule has 2 N–H and O–H groups in total. The Bertz CT molecular complexity index is 1040. The number of benzene rings is 1. The van der Waals surface area contributed by atoms with Crippen molar-refractivity contribution >= 4 is 5.91 Å². The van der Waals surface area contributed by atoms with Gasteiger partial charge in [-0.05, 0) is 67.0 Å². The number of carbonyl (C=O) groups is 1. The number of aliphatic hydroxyl groups excluding tert-OH is 1. The molecule has 8 atom stereocenters. The summed E-state index contributed by atoms with van der Waals surface area (Å²) in [6.07, 6.45) is 0.443. The fraction of sp³-hybridized carbons (Fsp3) is 0.731. The van der Waals surface area contributed by atoms with E-state index in [0.29, 0.717) is 23.5 Å². The minimum Gasteiger partial charge on any atom is -0.496 e. The molecule has 2 bridgehead atoms. The van der Waals surface area contributed by atoms with Crippen LogP contribution in [0.5, 0.6) is 5.75 Å². The fourth-order valence-electron chi connectivity index (χ4n) is 6.91. The van der Waals surface area contributed by atoms with Gasteiger partial charge in [-0.15, -0.1) is 0 Å². The summed E-state index contributed by atoms with van der Waals surface area (Å²) in [5.74, 6) is 0.405. The smallest absolute Gasteiger partial charge is 0.240 e. The molecule has 1 aromatic rings. The van der Waals surface area contributed by atoms with Crippen LogP contribution in [-0.2, 0) is 16.2 Å². The molecular formula is C26H38FN5O4. The number of aryl methyl sites for hydroxylation is 1. The molecule has 10 heteroatoms. The van der Waals surface area contributed by atoms with Crippen molar-refractivity contribution in [3.05, 3.63) is 39.5 Å². The Kier molecular flexibility index (Phi) is 7.53. The first-order valence-corrected chi connectivity index (χ1v) is 12.8. The number of ether oxygens (including phenoxy) is 1. The van der Waals surface area contributed by atoms with Gasteiger partial charge in [0.05, 0.1) is 32.4 Å². The molecule has 1 heterocycles. The summed E-state index contributed by atoms with van der Waals surface area (Å²) in [4.78, 5) is 22.7. The van der Waals surface area contributed by atoms with E-state index in [1.165, 1.54) is 24.7 Å². The summed E-state index contributed by atoms with van der Waals surface area (Å²) in [7, 11) is 1.47. The van der Waals surface area contributed by atoms with Crippen LogP contribution in [0, 0.1) is 41.8 Å². The molecule has 36 heavy (non-hydrogen) atoms. The van der Waals surface area contributed by atoms with Crippen molar-refractivity contribution in [2.45, 2.75) is 78.3 Å². The van der Waals surface area contributed by atoms with E-state index in [4.69, 9.17) is 15.1 Å². The Hall–Kier alpha value is -2.39. The lowest BCUT2D eigenvalue weighted by molar-refractivity contribution is -0.176. The van der Waals surface area contributed by atoms with E-state index in [-0.39, 0.29) is 36.0 Å². The molecule has 0 unspecified atom stereocenters. The minimum atomic E-state index is -0.926. The zero-order valence-electron chi connectivity index (χ0n) is 21.9. The molecule has 4 fully saturated rings. The second-order valence-electron chi connectivity index (χ2n) is 11.3. The Morgan fingerprint density at radius 2 is 2.17 bits per heavy atom. The molecule has 3 aliphatic carbocycles. The topological polar surface area (TPSA) is 120 Å². The maximum atomic E-state index is 14.9. The summed E-state index contributed by atoms with van der Waals surface area (Å²) in [6.45, 7) is 10.1. The molecule has 1 saturated heterocycles. The average Bonchev–Trinajstić information content (AvgIpc) is 3.19. The number of hydroxylamine groups is 2. The largest absolute Gasteiger partial charge is 0.496 e. The van der Waals surface area contributed by atoms with Gasteiger partial charge in [-0.2, -0.15) is 5.06 Å². The number of nitrogens with one attached hydrogen (secondary N) is 1. The molecule has 0 radical (unpaired) electrons. The number of carbonyl (C=O) groups excluding carboxylic acids is 1. The highest BCUT2D eigenvalue weighted by Gasteiger charge is 2.57. The fourth-order valence-corrected chi connectivity index (χ4v) is 6.91. The van der Waals surface area contributed by atoms with Gasteiger partial charge in [0.15, 0.2) is 0 Å². The lowest BCUT2D eigenvalue weighted by atomic mass is 9.45. The highest BCUT2D eigenvalue weighted by molar-refractivity contribution is 5.83. The molecule has 0 aromatic heterocycles. The van der Waals surface area contributed by atoms with Gasteiger partial charge in [0.1, 0.15) is 17.6 Å². The number of hydrogen-bond acceptors (Lipinski definition) is 6. The first-order chi connectivity index (χ1) is 17.0. The van der Waals surface area contributed by atoms with Crippen LogP contribution < -0.4 is 10.1 Å². The number of rotatable bonds is 8. The van der Waals surface area contributed by atoms with Gasteiger partial charge in [-0.1, -0.05) is 32.0 Å². The number of fused-ring (bicyclic) bond motifs is 2. The van der Waals surface area contributed by atoms with Gasteiger partial charge in [0, 0.05) is 22.4 Å². The van der Waals surface area contributed by atoms with E-state index < -0.39 is 30.0 Å². The zero-order chi connectivity index (χ0) is 26.4. The van der Waals surface area contributed by atoms with Crippen molar-refractivity contribution in [3.8, 4) is 5.75 Å². The molecule has 1 aromatic carbocycles. The molecule has 5 rings (SSSR count). The number of amides is 1. The highest BCUT2D eigenvalue weighted by Crippen LogP contribution is 2.61. The van der Waals surface area contributed by atoms with E-state index in [0.717, 1.165) is 12.0 Å². The van der Waals surface area contributed by atoms with Gasteiger partial charge in [-0.3, -0.25) is 9.63 Å². The number of methoxy groups -OCH3 is 1. The second-order valence-corrected chi connectivity index (χ2v) is 11.3. The number of halogens is 1. The predicted molar refractivity (Wildman–Crippen MR) is 132 cm³/mol. The Morgan fingerprint density at radius 3 is 2.75 bits per heavy atom. The number of azide groups is 1. The van der Waals surface area contributed by atoms with Gasteiger partial charge in [-0.25, -0.2) is 4.39 Å². The van der Waals surface area contributed by atoms with Crippen molar-refractivity contribution in [2.24, 2.45) is 34.2 Å². The van der Waals surface area contributed by atoms with E-state index in [1.807, 2.05) is 6.92 Å². The lowest BCUT2D eigenvalue weighted by Gasteiger charge is -2.62. The number of nitrogens with zero attached hydrogens (tertiary/aromatic N) is 4. The Labute approximate surface area is 211 Å². The van der Waals surface area contributed by atoms with E-state index in [9.17, 15) is 14.3 Å². The summed E-state index contributed by atoms with van der Waals surface area (Å²) in [5.41, 5.74) is 10.2. The van der Waals surface area contributed by atoms with Crippen LogP contribution in [0.1, 0.15) is 51.7 Å². The third-order valence-corrected chi connectivity index (χ3v) is 9.13. The van der Waals surface area contributed by atoms with Gasteiger partial charge in [0.25, 0.3) is 0 Å². The van der Waals surface area contributed by atoms with E-state index in [1.54, 1.807) is 13.0 Å². The maximum absolute atomic E-state index is 14.9. The van der Waals surface area contributed by atoms with Crippen LogP contribution in [0.2, 0.25) is 0 Å². The quantitative estimate of drug-likeness (QED) is 0.314. The average molecular weight is 504 g/mol. The summed E-state index contributed by atoms with van der Waals surface area (Å²) in [5, 5.41) is 19.0. The van der Waals surface area contributed by atoms with E-state index >= 15 is 0 Å². The number of aliphatic hydroxyl groups is 1. The molecule has 0 spiro atoms. The third kappa shape index (κ3) is 4.56. The van der Waals surface area contributed by atoms with Gasteiger partial charge < -0.3 is 15.2 Å². The van der Waals surface area contributed by atoms with Crippen LogP contribution in [0.3, 0.4) is 0 Å². The number of hydrogen-bond donors (Lipinski definition) is 2. The Balaban J connectivity index is 1.63. The summed E-state index contributed by atoms with van der Waals surface area (Å²) >= 11 is 0. The minimum absolute atomic E-state index is 0.0206. The third-order valence-electron chi connectivity index (χ3n) is 9.13. The molecule has 198 valence electrons. The SMILES string of the molecule is COc1c(C)ccc(F)c1CN1O[C@@H](CN=[N+]=[N-])[C@@H]([C@H](C)O)[C@H]1C(=O)N[C@H]1C[C@H]2C[C@@H]([C@@H]1C)C2(C)C. The van der Waals surface area contributed by atoms with Crippen molar-refractivity contribution in [3.63, 3.8) is 0 Å². The predicted octanol–water partition coefficient (Wildman–Crippen LogP) is 4.12. The monoisotopic (exact) mass is 503 g/mol. The maximum Gasteiger partial charge on any atom is 0.240 e.